The van der Waals surface area contributed by atoms with Gasteiger partial charge in [-0.25, -0.2) is 9.97 Å². The number of halogens is 2. The first-order chi connectivity index (χ1) is 18.2. The predicted octanol–water partition coefficient (Wildman–Crippen LogP) is 4.06. The number of rotatable bonds is 10. The molecule has 2 aromatic heterocycles. The maximum absolute atomic E-state index is 13.6. The number of amides is 1. The molecule has 0 fully saturated rings. The van der Waals surface area contributed by atoms with Gasteiger partial charge in [-0.3, -0.25) is 14.2 Å². The Bertz CT molecular complexity index is 1510. The van der Waals surface area contributed by atoms with E-state index in [-0.39, 0.29) is 36.8 Å². The quantitative estimate of drug-likeness (QED) is 0.304. The van der Waals surface area contributed by atoms with Gasteiger partial charge in [0.15, 0.2) is 5.65 Å². The van der Waals surface area contributed by atoms with Crippen LogP contribution in [-0.4, -0.2) is 59.6 Å². The van der Waals surface area contributed by atoms with Gasteiger partial charge in [0.05, 0.1) is 23.7 Å². The summed E-state index contributed by atoms with van der Waals surface area (Å²) in [5.41, 5.74) is 2.53. The number of methoxy groups -OCH3 is 1. The lowest BCUT2D eigenvalue weighted by molar-refractivity contribution is -0.121. The van der Waals surface area contributed by atoms with Crippen LogP contribution in [0.25, 0.3) is 22.4 Å². The van der Waals surface area contributed by atoms with Crippen LogP contribution in [-0.2, 0) is 17.9 Å². The molecule has 0 atom stereocenters. The van der Waals surface area contributed by atoms with Crippen molar-refractivity contribution in [2.45, 2.75) is 13.1 Å². The third kappa shape index (κ3) is 6.61. The minimum absolute atomic E-state index is 0.131. The second-order valence-electron chi connectivity index (χ2n) is 8.87. The molecule has 2 N–H and O–H groups in total. The summed E-state index contributed by atoms with van der Waals surface area (Å²) in [4.78, 5) is 36.9. The van der Waals surface area contributed by atoms with E-state index in [1.807, 2.05) is 26.2 Å². The van der Waals surface area contributed by atoms with Gasteiger partial charge in [-0.2, -0.15) is 0 Å². The summed E-state index contributed by atoms with van der Waals surface area (Å²) in [6.07, 6.45) is 0. The molecular formula is C27H28Cl2N6O3. The number of carbonyl (C=O) groups is 1. The summed E-state index contributed by atoms with van der Waals surface area (Å²) in [7, 11) is 5.22. The number of ether oxygens (including phenoxy) is 1. The number of likely N-dealkylation sites (N-methyl/N-ethyl adjacent to an activating group) is 1. The lowest BCUT2D eigenvalue weighted by Crippen LogP contribution is -2.36. The molecule has 11 heteroatoms. The van der Waals surface area contributed by atoms with Crippen LogP contribution in [0.4, 0.5) is 5.82 Å². The van der Waals surface area contributed by atoms with E-state index in [0.717, 1.165) is 5.56 Å². The van der Waals surface area contributed by atoms with Gasteiger partial charge in [-0.1, -0.05) is 29.3 Å². The number of nitrogens with one attached hydrogen (secondary N) is 2. The van der Waals surface area contributed by atoms with Crippen LogP contribution in [0.1, 0.15) is 5.56 Å². The number of hydrogen-bond donors (Lipinski definition) is 2. The Balaban J connectivity index is 1.67. The smallest absolute Gasteiger partial charge is 0.278 e. The molecule has 4 rings (SSSR count). The van der Waals surface area contributed by atoms with E-state index in [4.69, 9.17) is 27.9 Å². The minimum atomic E-state index is -0.307. The molecule has 9 nitrogen and oxygen atoms in total. The van der Waals surface area contributed by atoms with Crippen LogP contribution in [0.2, 0.25) is 10.0 Å². The highest BCUT2D eigenvalue weighted by molar-refractivity contribution is 6.42. The van der Waals surface area contributed by atoms with Crippen molar-refractivity contribution >= 4 is 46.1 Å². The highest BCUT2D eigenvalue weighted by Gasteiger charge is 2.15. The number of pyridine rings is 1. The molecule has 2 aromatic carbocycles. The number of fused-ring (bicyclic) bond motifs is 1. The van der Waals surface area contributed by atoms with Crippen LogP contribution in [0.5, 0.6) is 5.75 Å². The number of hydrogen-bond acceptors (Lipinski definition) is 7. The monoisotopic (exact) mass is 554 g/mol. The number of aromatic nitrogens is 3. The summed E-state index contributed by atoms with van der Waals surface area (Å²) in [5.74, 6) is 1.11. The fraction of sp³-hybridized carbons (Fsp3) is 0.259. The molecule has 0 spiro atoms. The van der Waals surface area contributed by atoms with Crippen LogP contribution < -0.4 is 20.9 Å². The van der Waals surface area contributed by atoms with Crippen LogP contribution in [0, 0.1) is 0 Å². The lowest BCUT2D eigenvalue weighted by Gasteiger charge is -2.15. The van der Waals surface area contributed by atoms with Crippen molar-refractivity contribution in [3.63, 3.8) is 0 Å². The Morgan fingerprint density at radius 3 is 2.47 bits per heavy atom. The molecule has 0 bridgehead atoms. The van der Waals surface area contributed by atoms with E-state index in [0.29, 0.717) is 44.9 Å². The molecule has 4 aromatic rings. The Morgan fingerprint density at radius 2 is 1.79 bits per heavy atom. The predicted molar refractivity (Wildman–Crippen MR) is 151 cm³/mol. The Labute approximate surface area is 230 Å². The summed E-state index contributed by atoms with van der Waals surface area (Å²) in [5, 5.41) is 7.07. The van der Waals surface area contributed by atoms with E-state index in [1.54, 1.807) is 59.0 Å². The van der Waals surface area contributed by atoms with E-state index in [2.05, 4.69) is 20.6 Å². The number of nitrogens with zero attached hydrogens (tertiary/aromatic N) is 4. The van der Waals surface area contributed by atoms with Gasteiger partial charge in [0.2, 0.25) is 5.91 Å². The third-order valence-corrected chi connectivity index (χ3v) is 6.47. The lowest BCUT2D eigenvalue weighted by atomic mass is 10.1. The van der Waals surface area contributed by atoms with Crippen molar-refractivity contribution in [2.24, 2.45) is 0 Å². The van der Waals surface area contributed by atoms with Crippen molar-refractivity contribution in [2.75, 3.05) is 39.6 Å². The van der Waals surface area contributed by atoms with Gasteiger partial charge in [-0.15, -0.1) is 0 Å². The zero-order valence-corrected chi connectivity index (χ0v) is 22.8. The normalized spacial score (nSPS) is 11.1. The average Bonchev–Trinajstić information content (AvgIpc) is 2.90. The van der Waals surface area contributed by atoms with Gasteiger partial charge in [-0.05, 0) is 68.2 Å². The van der Waals surface area contributed by atoms with Gasteiger partial charge in [0.1, 0.15) is 22.8 Å². The Morgan fingerprint density at radius 1 is 1.03 bits per heavy atom. The number of benzene rings is 2. The molecule has 0 radical (unpaired) electrons. The summed E-state index contributed by atoms with van der Waals surface area (Å²) in [6.45, 7) is 1.20. The highest BCUT2D eigenvalue weighted by Crippen LogP contribution is 2.24. The molecule has 0 aliphatic rings. The van der Waals surface area contributed by atoms with Crippen molar-refractivity contribution in [3.8, 4) is 17.0 Å². The van der Waals surface area contributed by atoms with Crippen LogP contribution >= 0.6 is 23.2 Å². The minimum Gasteiger partial charge on any atom is -0.497 e. The van der Waals surface area contributed by atoms with Gasteiger partial charge >= 0.3 is 0 Å². The zero-order valence-electron chi connectivity index (χ0n) is 21.3. The summed E-state index contributed by atoms with van der Waals surface area (Å²) in [6, 6.07) is 16.1. The summed E-state index contributed by atoms with van der Waals surface area (Å²) >= 11 is 12.1. The van der Waals surface area contributed by atoms with Crippen molar-refractivity contribution < 1.29 is 9.53 Å². The first-order valence-electron chi connectivity index (χ1n) is 11.9. The Kier molecular flexibility index (Phi) is 8.83. The topological polar surface area (TPSA) is 101 Å². The largest absolute Gasteiger partial charge is 0.497 e. The van der Waals surface area contributed by atoms with Gasteiger partial charge in [0, 0.05) is 25.2 Å². The van der Waals surface area contributed by atoms with Crippen LogP contribution in [0.3, 0.4) is 0 Å². The van der Waals surface area contributed by atoms with Crippen molar-refractivity contribution in [1.29, 1.82) is 0 Å². The Hall–Kier alpha value is -3.66. The van der Waals surface area contributed by atoms with E-state index in [1.165, 1.54) is 0 Å². The molecule has 0 saturated heterocycles. The maximum atomic E-state index is 13.6. The summed E-state index contributed by atoms with van der Waals surface area (Å²) < 4.78 is 6.78. The van der Waals surface area contributed by atoms with Crippen molar-refractivity contribution in [1.82, 2.24) is 24.8 Å². The highest BCUT2D eigenvalue weighted by atomic mass is 35.5. The molecular weight excluding hydrogens is 527 g/mol. The average molecular weight is 555 g/mol. The van der Waals surface area contributed by atoms with Gasteiger partial charge in [0.25, 0.3) is 5.56 Å². The first kappa shape index (κ1) is 27.4. The molecule has 1 amide bonds. The van der Waals surface area contributed by atoms with Gasteiger partial charge < -0.3 is 20.3 Å². The molecule has 0 saturated carbocycles. The standard InChI is InChI=1S/C27H28Cl2N6O3/c1-34(2)16-24(36)30-12-13-35-26-22(32-25(27(35)37)18-5-7-19(38-3)8-6-18)10-11-23(33-26)31-15-17-4-9-20(28)21(29)14-17/h4-11,14H,12-13,15-16H2,1-3H3,(H,30,36)(H,31,33). The third-order valence-electron chi connectivity index (χ3n) is 5.73. The fourth-order valence-corrected chi connectivity index (χ4v) is 4.18. The SMILES string of the molecule is COc1ccc(-c2nc3ccc(NCc4ccc(Cl)c(Cl)c4)nc3n(CCNC(=O)CN(C)C)c2=O)cc1. The molecule has 198 valence electrons. The second-order valence-corrected chi connectivity index (χ2v) is 9.69. The van der Waals surface area contributed by atoms with E-state index < -0.39 is 0 Å². The first-order valence-corrected chi connectivity index (χ1v) is 12.7. The number of anilines is 1. The molecule has 38 heavy (non-hydrogen) atoms. The maximum Gasteiger partial charge on any atom is 0.278 e. The van der Waals surface area contributed by atoms with Crippen LogP contribution in [0.15, 0.2) is 59.4 Å². The zero-order chi connectivity index (χ0) is 27.2. The second kappa shape index (κ2) is 12.3. The molecule has 0 aliphatic heterocycles. The molecule has 0 aliphatic carbocycles. The number of carbonyl (C=O) groups excluding carboxylic acids is 1. The fourth-order valence-electron chi connectivity index (χ4n) is 3.85. The molecule has 0 unspecified atom stereocenters. The van der Waals surface area contributed by atoms with E-state index in [9.17, 15) is 9.59 Å². The van der Waals surface area contributed by atoms with Crippen molar-refractivity contribution in [3.05, 3.63) is 80.6 Å². The molecule has 2 heterocycles. The van der Waals surface area contributed by atoms with E-state index >= 15 is 0 Å².